The summed E-state index contributed by atoms with van der Waals surface area (Å²) in [6.07, 6.45) is 1.35. The molecular formula is C10H10ClNO2. The fourth-order valence-corrected chi connectivity index (χ4v) is 1.79. The second-order valence-electron chi connectivity index (χ2n) is 3.37. The van der Waals surface area contributed by atoms with Crippen LogP contribution >= 0.6 is 11.6 Å². The number of rotatable bonds is 1. The Balaban J connectivity index is 2.24. The zero-order valence-electron chi connectivity index (χ0n) is 7.46. The van der Waals surface area contributed by atoms with Crippen molar-refractivity contribution in [3.8, 4) is 5.75 Å². The highest BCUT2D eigenvalue weighted by molar-refractivity contribution is 6.32. The number of halogens is 1. The summed E-state index contributed by atoms with van der Waals surface area (Å²) in [5, 5.41) is 12.4. The third kappa shape index (κ3) is 1.68. The second kappa shape index (κ2) is 3.50. The molecule has 1 amide bonds. The van der Waals surface area contributed by atoms with Crippen LogP contribution in [-0.4, -0.2) is 11.0 Å². The average molecular weight is 212 g/mol. The molecule has 3 nitrogen and oxygen atoms in total. The van der Waals surface area contributed by atoms with Gasteiger partial charge in [0.05, 0.1) is 11.1 Å². The lowest BCUT2D eigenvalue weighted by molar-refractivity contribution is -0.119. The molecule has 1 aromatic rings. The number of nitrogens with one attached hydrogen (secondary N) is 1. The number of carbonyl (C=O) groups excluding carboxylic acids is 1. The third-order valence-corrected chi connectivity index (χ3v) is 2.67. The number of carbonyl (C=O) groups is 1. The monoisotopic (exact) mass is 211 g/mol. The van der Waals surface area contributed by atoms with Crippen molar-refractivity contribution in [2.75, 3.05) is 0 Å². The fraction of sp³-hybridized carbons (Fsp3) is 0.300. The summed E-state index contributed by atoms with van der Waals surface area (Å²) in [7, 11) is 0. The molecule has 1 saturated heterocycles. The largest absolute Gasteiger partial charge is 0.506 e. The van der Waals surface area contributed by atoms with Crippen LogP contribution in [0.4, 0.5) is 0 Å². The summed E-state index contributed by atoms with van der Waals surface area (Å²) in [5.41, 5.74) is 0.943. The van der Waals surface area contributed by atoms with E-state index < -0.39 is 0 Å². The van der Waals surface area contributed by atoms with Crippen LogP contribution in [-0.2, 0) is 4.79 Å². The first kappa shape index (κ1) is 9.34. The molecular weight excluding hydrogens is 202 g/mol. The van der Waals surface area contributed by atoms with Gasteiger partial charge in [0.15, 0.2) is 0 Å². The zero-order chi connectivity index (χ0) is 10.1. The fourth-order valence-electron chi connectivity index (χ4n) is 1.60. The van der Waals surface area contributed by atoms with Gasteiger partial charge in [0.2, 0.25) is 5.91 Å². The van der Waals surface area contributed by atoms with Gasteiger partial charge in [-0.2, -0.15) is 0 Å². The Kier molecular flexibility index (Phi) is 2.33. The van der Waals surface area contributed by atoms with Gasteiger partial charge in [0, 0.05) is 6.42 Å². The molecule has 1 atom stereocenters. The molecule has 1 aromatic carbocycles. The third-order valence-electron chi connectivity index (χ3n) is 2.37. The maximum atomic E-state index is 11.0. The average Bonchev–Trinajstić information content (AvgIpc) is 2.57. The lowest BCUT2D eigenvalue weighted by atomic mass is 10.1. The molecule has 2 N–H and O–H groups in total. The van der Waals surface area contributed by atoms with E-state index >= 15 is 0 Å². The molecule has 4 heteroatoms. The molecule has 1 aliphatic rings. The van der Waals surface area contributed by atoms with Crippen molar-refractivity contribution in [1.29, 1.82) is 0 Å². The highest BCUT2D eigenvalue weighted by Gasteiger charge is 2.22. The minimum absolute atomic E-state index is 0.0422. The summed E-state index contributed by atoms with van der Waals surface area (Å²) >= 11 is 5.77. The quantitative estimate of drug-likeness (QED) is 0.747. The van der Waals surface area contributed by atoms with Crippen molar-refractivity contribution < 1.29 is 9.90 Å². The molecule has 14 heavy (non-hydrogen) atoms. The molecule has 1 fully saturated rings. The van der Waals surface area contributed by atoms with Gasteiger partial charge in [-0.15, -0.1) is 0 Å². The van der Waals surface area contributed by atoms with E-state index in [-0.39, 0.29) is 17.7 Å². The Hall–Kier alpha value is -1.22. The Bertz CT molecular complexity index is 378. The number of aromatic hydroxyl groups is 1. The van der Waals surface area contributed by atoms with Crippen molar-refractivity contribution in [1.82, 2.24) is 5.32 Å². The molecule has 0 aliphatic carbocycles. The first-order valence-corrected chi connectivity index (χ1v) is 4.82. The molecule has 0 unspecified atom stereocenters. The minimum atomic E-state index is 0.0422. The van der Waals surface area contributed by atoms with Crippen molar-refractivity contribution in [2.24, 2.45) is 0 Å². The van der Waals surface area contributed by atoms with Gasteiger partial charge in [-0.05, 0) is 24.1 Å². The van der Waals surface area contributed by atoms with Crippen molar-refractivity contribution in [3.63, 3.8) is 0 Å². The van der Waals surface area contributed by atoms with Crippen LogP contribution in [0.25, 0.3) is 0 Å². The van der Waals surface area contributed by atoms with E-state index in [2.05, 4.69) is 5.32 Å². The molecule has 0 aromatic heterocycles. The van der Waals surface area contributed by atoms with E-state index in [0.29, 0.717) is 11.4 Å². The molecule has 0 saturated carbocycles. The zero-order valence-corrected chi connectivity index (χ0v) is 8.21. The predicted octanol–water partition coefficient (Wildman–Crippen LogP) is 2.00. The Morgan fingerprint density at radius 1 is 1.50 bits per heavy atom. The van der Waals surface area contributed by atoms with Crippen LogP contribution in [0.5, 0.6) is 5.75 Å². The van der Waals surface area contributed by atoms with Crippen LogP contribution in [0.1, 0.15) is 24.4 Å². The SMILES string of the molecule is O=C1CC[C@H](c2ccc(O)c(Cl)c2)N1. The maximum Gasteiger partial charge on any atom is 0.220 e. The highest BCUT2D eigenvalue weighted by atomic mass is 35.5. The van der Waals surface area contributed by atoms with E-state index in [4.69, 9.17) is 11.6 Å². The molecule has 74 valence electrons. The molecule has 0 bridgehead atoms. The summed E-state index contributed by atoms with van der Waals surface area (Å²) in [5.74, 6) is 0.138. The van der Waals surface area contributed by atoms with E-state index in [1.807, 2.05) is 0 Å². The summed E-state index contributed by atoms with van der Waals surface area (Å²) < 4.78 is 0. The first-order valence-electron chi connectivity index (χ1n) is 4.44. The molecule has 2 rings (SSSR count). The highest BCUT2D eigenvalue weighted by Crippen LogP contribution is 2.30. The van der Waals surface area contributed by atoms with Gasteiger partial charge >= 0.3 is 0 Å². The topological polar surface area (TPSA) is 49.3 Å². The van der Waals surface area contributed by atoms with E-state index in [1.165, 1.54) is 0 Å². The first-order chi connectivity index (χ1) is 6.66. The number of benzene rings is 1. The van der Waals surface area contributed by atoms with Crippen LogP contribution in [0.3, 0.4) is 0 Å². The standard InChI is InChI=1S/C10H10ClNO2/c11-7-5-6(1-3-9(7)13)8-2-4-10(14)12-8/h1,3,5,8,13H,2,4H2,(H,12,14)/t8-/m1/s1. The van der Waals surface area contributed by atoms with Crippen molar-refractivity contribution in [3.05, 3.63) is 28.8 Å². The lowest BCUT2D eigenvalue weighted by Crippen LogP contribution is -2.18. The van der Waals surface area contributed by atoms with Gasteiger partial charge in [-0.25, -0.2) is 0 Å². The van der Waals surface area contributed by atoms with Gasteiger partial charge in [-0.3, -0.25) is 4.79 Å². The van der Waals surface area contributed by atoms with Gasteiger partial charge < -0.3 is 10.4 Å². The number of amides is 1. The summed E-state index contributed by atoms with van der Waals surface area (Å²) in [4.78, 5) is 11.0. The summed E-state index contributed by atoms with van der Waals surface area (Å²) in [6, 6.07) is 5.05. The van der Waals surface area contributed by atoms with Gasteiger partial charge in [-0.1, -0.05) is 17.7 Å². The number of hydrogen-bond donors (Lipinski definition) is 2. The van der Waals surface area contributed by atoms with Gasteiger partial charge in [0.25, 0.3) is 0 Å². The summed E-state index contributed by atoms with van der Waals surface area (Å²) in [6.45, 7) is 0. The molecule has 0 radical (unpaired) electrons. The van der Waals surface area contributed by atoms with Crippen molar-refractivity contribution >= 4 is 17.5 Å². The van der Waals surface area contributed by atoms with Crippen LogP contribution in [0, 0.1) is 0 Å². The van der Waals surface area contributed by atoms with E-state index in [0.717, 1.165) is 12.0 Å². The molecule has 0 spiro atoms. The number of phenolic OH excluding ortho intramolecular Hbond substituents is 1. The van der Waals surface area contributed by atoms with Crippen LogP contribution in [0.2, 0.25) is 5.02 Å². The minimum Gasteiger partial charge on any atom is -0.506 e. The van der Waals surface area contributed by atoms with Gasteiger partial charge in [0.1, 0.15) is 5.75 Å². The molecule has 1 aliphatic heterocycles. The lowest BCUT2D eigenvalue weighted by Gasteiger charge is -2.10. The Morgan fingerprint density at radius 3 is 2.86 bits per heavy atom. The normalized spacial score (nSPS) is 20.9. The van der Waals surface area contributed by atoms with E-state index in [9.17, 15) is 9.90 Å². The second-order valence-corrected chi connectivity index (χ2v) is 3.78. The molecule has 1 heterocycles. The number of hydrogen-bond acceptors (Lipinski definition) is 2. The van der Waals surface area contributed by atoms with E-state index in [1.54, 1.807) is 18.2 Å². The Labute approximate surface area is 86.7 Å². The predicted molar refractivity (Wildman–Crippen MR) is 53.2 cm³/mol. The van der Waals surface area contributed by atoms with Crippen LogP contribution < -0.4 is 5.32 Å². The Morgan fingerprint density at radius 2 is 2.29 bits per heavy atom. The van der Waals surface area contributed by atoms with Crippen molar-refractivity contribution in [2.45, 2.75) is 18.9 Å². The number of phenols is 1. The maximum absolute atomic E-state index is 11.0. The van der Waals surface area contributed by atoms with Crippen LogP contribution in [0.15, 0.2) is 18.2 Å². The smallest absolute Gasteiger partial charge is 0.220 e.